The van der Waals surface area contributed by atoms with Crippen LogP contribution in [-0.2, 0) is 5.41 Å². The monoisotopic (exact) mass is 287 g/mol. The van der Waals surface area contributed by atoms with E-state index in [1.54, 1.807) is 0 Å². The molecule has 2 heteroatoms. The number of nitrogens with two attached hydrogens (primary N) is 1. The Morgan fingerprint density at radius 2 is 1.25 bits per heavy atom. The SMILES string of the molecule is CC1(N)CCC(c2ccccc2)(c2ccccc2)C1.Cl. The third-order valence-electron chi connectivity index (χ3n) is 4.48. The van der Waals surface area contributed by atoms with E-state index in [-0.39, 0.29) is 23.4 Å². The largest absolute Gasteiger partial charge is 0.325 e. The molecule has 0 bridgehead atoms. The minimum Gasteiger partial charge on any atom is -0.325 e. The topological polar surface area (TPSA) is 26.0 Å². The second-order valence-corrected chi connectivity index (χ2v) is 6.14. The molecule has 0 aromatic heterocycles. The summed E-state index contributed by atoms with van der Waals surface area (Å²) in [7, 11) is 0. The Balaban J connectivity index is 0.00000147. The summed E-state index contributed by atoms with van der Waals surface area (Å²) in [5.74, 6) is 0. The highest BCUT2D eigenvalue weighted by molar-refractivity contribution is 5.85. The van der Waals surface area contributed by atoms with Crippen molar-refractivity contribution in [2.45, 2.75) is 37.1 Å². The van der Waals surface area contributed by atoms with E-state index in [4.69, 9.17) is 5.73 Å². The zero-order chi connectivity index (χ0) is 13.3. The quantitative estimate of drug-likeness (QED) is 0.876. The molecule has 0 spiro atoms. The number of hydrogen-bond donors (Lipinski definition) is 1. The van der Waals surface area contributed by atoms with Gasteiger partial charge < -0.3 is 5.73 Å². The second kappa shape index (κ2) is 5.59. The normalized spacial score (nSPS) is 24.1. The molecule has 1 aliphatic rings. The van der Waals surface area contributed by atoms with Gasteiger partial charge in [0.15, 0.2) is 0 Å². The van der Waals surface area contributed by atoms with E-state index in [2.05, 4.69) is 67.6 Å². The van der Waals surface area contributed by atoms with Gasteiger partial charge in [-0.1, -0.05) is 60.7 Å². The molecule has 1 unspecified atom stereocenters. The molecule has 1 aliphatic carbocycles. The lowest BCUT2D eigenvalue weighted by atomic mass is 9.72. The Kier molecular flexibility index (Phi) is 4.22. The molecule has 1 nitrogen and oxygen atoms in total. The van der Waals surface area contributed by atoms with Crippen molar-refractivity contribution in [1.82, 2.24) is 0 Å². The summed E-state index contributed by atoms with van der Waals surface area (Å²) < 4.78 is 0. The third kappa shape index (κ3) is 2.61. The molecule has 0 aliphatic heterocycles. The average molecular weight is 288 g/mol. The maximum atomic E-state index is 6.43. The van der Waals surface area contributed by atoms with Crippen LogP contribution >= 0.6 is 12.4 Å². The Morgan fingerprint density at radius 1 is 0.800 bits per heavy atom. The van der Waals surface area contributed by atoms with E-state index in [0.717, 1.165) is 19.3 Å². The summed E-state index contributed by atoms with van der Waals surface area (Å²) in [4.78, 5) is 0. The van der Waals surface area contributed by atoms with Gasteiger partial charge in [-0.15, -0.1) is 12.4 Å². The van der Waals surface area contributed by atoms with E-state index in [0.29, 0.717) is 0 Å². The first-order valence-corrected chi connectivity index (χ1v) is 7.02. The predicted molar refractivity (Wildman–Crippen MR) is 87.4 cm³/mol. The van der Waals surface area contributed by atoms with Crippen molar-refractivity contribution in [3.8, 4) is 0 Å². The highest BCUT2D eigenvalue weighted by Crippen LogP contribution is 2.49. The Labute approximate surface area is 127 Å². The smallest absolute Gasteiger partial charge is 0.0220 e. The van der Waals surface area contributed by atoms with Gasteiger partial charge in [0.05, 0.1) is 0 Å². The van der Waals surface area contributed by atoms with Crippen LogP contribution in [0.3, 0.4) is 0 Å². The van der Waals surface area contributed by atoms with Crippen molar-refractivity contribution in [1.29, 1.82) is 0 Å². The van der Waals surface area contributed by atoms with Crippen LogP contribution in [0.25, 0.3) is 0 Å². The third-order valence-corrected chi connectivity index (χ3v) is 4.48. The van der Waals surface area contributed by atoms with Crippen LogP contribution in [-0.4, -0.2) is 5.54 Å². The van der Waals surface area contributed by atoms with E-state index in [1.807, 2.05) is 0 Å². The summed E-state index contributed by atoms with van der Waals surface area (Å²) in [5.41, 5.74) is 9.25. The molecule has 0 radical (unpaired) electrons. The zero-order valence-electron chi connectivity index (χ0n) is 11.9. The van der Waals surface area contributed by atoms with Crippen molar-refractivity contribution in [2.75, 3.05) is 0 Å². The minimum atomic E-state index is -0.0638. The standard InChI is InChI=1S/C18H21N.ClH/c1-17(19)12-13-18(14-17,15-8-4-2-5-9-15)16-10-6-3-7-11-16;/h2-11H,12-14,19H2,1H3;1H. The van der Waals surface area contributed by atoms with Gasteiger partial charge in [0.2, 0.25) is 0 Å². The molecule has 0 heterocycles. The Morgan fingerprint density at radius 3 is 1.60 bits per heavy atom. The Hall–Kier alpha value is -1.31. The minimum absolute atomic E-state index is 0. The van der Waals surface area contributed by atoms with Crippen LogP contribution in [0.4, 0.5) is 0 Å². The van der Waals surface area contributed by atoms with Gasteiger partial charge in [-0.3, -0.25) is 0 Å². The lowest BCUT2D eigenvalue weighted by molar-refractivity contribution is 0.443. The van der Waals surface area contributed by atoms with Crippen LogP contribution in [0, 0.1) is 0 Å². The molecule has 0 amide bonds. The molecule has 1 atom stereocenters. The first-order valence-electron chi connectivity index (χ1n) is 7.02. The molecule has 0 saturated heterocycles. The number of halogens is 1. The lowest BCUT2D eigenvalue weighted by Crippen LogP contribution is -2.36. The van der Waals surface area contributed by atoms with Crippen molar-refractivity contribution in [3.63, 3.8) is 0 Å². The van der Waals surface area contributed by atoms with Crippen molar-refractivity contribution in [3.05, 3.63) is 71.8 Å². The fraction of sp³-hybridized carbons (Fsp3) is 0.333. The number of rotatable bonds is 2. The predicted octanol–water partition coefficient (Wildman–Crippen LogP) is 4.30. The Bertz CT molecular complexity index is 509. The van der Waals surface area contributed by atoms with Gasteiger partial charge >= 0.3 is 0 Å². The zero-order valence-corrected chi connectivity index (χ0v) is 12.7. The maximum Gasteiger partial charge on any atom is 0.0220 e. The molecule has 1 fully saturated rings. The van der Waals surface area contributed by atoms with Crippen molar-refractivity contribution >= 4 is 12.4 Å². The number of benzene rings is 2. The molecular formula is C18H22ClN. The maximum absolute atomic E-state index is 6.43. The van der Waals surface area contributed by atoms with Crippen LogP contribution < -0.4 is 5.73 Å². The lowest BCUT2D eigenvalue weighted by Gasteiger charge is -2.32. The van der Waals surface area contributed by atoms with E-state index < -0.39 is 0 Å². The van der Waals surface area contributed by atoms with Gasteiger partial charge in [0.1, 0.15) is 0 Å². The van der Waals surface area contributed by atoms with Gasteiger partial charge in [0, 0.05) is 11.0 Å². The first kappa shape index (κ1) is 15.1. The van der Waals surface area contributed by atoms with Gasteiger partial charge in [-0.2, -0.15) is 0 Å². The highest BCUT2D eigenvalue weighted by atomic mass is 35.5. The molecule has 106 valence electrons. The number of hydrogen-bond acceptors (Lipinski definition) is 1. The van der Waals surface area contributed by atoms with E-state index >= 15 is 0 Å². The molecule has 20 heavy (non-hydrogen) atoms. The van der Waals surface area contributed by atoms with E-state index in [9.17, 15) is 0 Å². The molecule has 2 aromatic carbocycles. The van der Waals surface area contributed by atoms with Gasteiger partial charge in [0.25, 0.3) is 0 Å². The van der Waals surface area contributed by atoms with Crippen LogP contribution in [0.2, 0.25) is 0 Å². The molecule has 1 saturated carbocycles. The fourth-order valence-corrected chi connectivity index (χ4v) is 3.54. The summed E-state index contributed by atoms with van der Waals surface area (Å²) >= 11 is 0. The van der Waals surface area contributed by atoms with Crippen LogP contribution in [0.1, 0.15) is 37.3 Å². The molecular weight excluding hydrogens is 266 g/mol. The van der Waals surface area contributed by atoms with Gasteiger partial charge in [-0.05, 0) is 37.3 Å². The molecule has 2 aromatic rings. The summed E-state index contributed by atoms with van der Waals surface area (Å²) in [5, 5.41) is 0. The van der Waals surface area contributed by atoms with Gasteiger partial charge in [-0.25, -0.2) is 0 Å². The second-order valence-electron chi connectivity index (χ2n) is 6.14. The summed E-state index contributed by atoms with van der Waals surface area (Å²) in [6.07, 6.45) is 3.23. The summed E-state index contributed by atoms with van der Waals surface area (Å²) in [6, 6.07) is 21.7. The summed E-state index contributed by atoms with van der Waals surface area (Å²) in [6.45, 7) is 2.18. The first-order chi connectivity index (χ1) is 9.12. The van der Waals surface area contributed by atoms with Crippen LogP contribution in [0.15, 0.2) is 60.7 Å². The van der Waals surface area contributed by atoms with E-state index in [1.165, 1.54) is 11.1 Å². The molecule has 2 N–H and O–H groups in total. The van der Waals surface area contributed by atoms with Crippen LogP contribution in [0.5, 0.6) is 0 Å². The average Bonchev–Trinajstić information content (AvgIpc) is 2.78. The highest BCUT2D eigenvalue weighted by Gasteiger charge is 2.45. The van der Waals surface area contributed by atoms with Crippen molar-refractivity contribution < 1.29 is 0 Å². The van der Waals surface area contributed by atoms with Crippen molar-refractivity contribution in [2.24, 2.45) is 5.73 Å². The fourth-order valence-electron chi connectivity index (χ4n) is 3.54. The molecule has 3 rings (SSSR count).